The normalized spacial score (nSPS) is 22.9. The molecule has 8 heteroatoms. The van der Waals surface area contributed by atoms with Crippen LogP contribution in [-0.4, -0.2) is 69.9 Å². The Labute approximate surface area is 215 Å². The first-order chi connectivity index (χ1) is 17.2. The second-order valence-corrected chi connectivity index (χ2v) is 10.6. The largest absolute Gasteiger partial charge is 0.335 e. The molecule has 0 radical (unpaired) electrons. The third-order valence-electron chi connectivity index (χ3n) is 7.18. The molecule has 196 valence electrons. The first kappa shape index (κ1) is 27.5. The molecule has 1 heterocycles. The molecule has 0 aromatic heterocycles. The van der Waals surface area contributed by atoms with Crippen LogP contribution in [0.4, 0.5) is 4.79 Å². The zero-order valence-electron chi connectivity index (χ0n) is 22.1. The SMILES string of the molecule is C#CCN(CC(=O)N1[C@@H](CCCC)C(=O)N(CCC(C)C)C2C[C@@]21C)NC(=O)NCc1ccccc1. The van der Waals surface area contributed by atoms with E-state index in [1.54, 1.807) is 4.90 Å². The minimum Gasteiger partial charge on any atom is -0.335 e. The van der Waals surface area contributed by atoms with Gasteiger partial charge in [-0.2, -0.15) is 5.01 Å². The highest BCUT2D eigenvalue weighted by Gasteiger charge is 2.66. The van der Waals surface area contributed by atoms with E-state index in [1.807, 2.05) is 35.2 Å². The highest BCUT2D eigenvalue weighted by atomic mass is 16.2. The maximum Gasteiger partial charge on any atom is 0.329 e. The van der Waals surface area contributed by atoms with Gasteiger partial charge in [-0.3, -0.25) is 15.0 Å². The molecule has 1 saturated carbocycles. The summed E-state index contributed by atoms with van der Waals surface area (Å²) in [5.74, 6) is 2.89. The van der Waals surface area contributed by atoms with Crippen LogP contribution in [0.25, 0.3) is 0 Å². The monoisotopic (exact) mass is 495 g/mol. The number of fused-ring (bicyclic) bond motifs is 1. The van der Waals surface area contributed by atoms with E-state index >= 15 is 0 Å². The van der Waals surface area contributed by atoms with Crippen LogP contribution in [-0.2, 0) is 16.1 Å². The number of benzene rings is 1. The summed E-state index contributed by atoms with van der Waals surface area (Å²) in [5, 5.41) is 4.23. The van der Waals surface area contributed by atoms with Crippen LogP contribution in [0.1, 0.15) is 65.4 Å². The molecule has 0 bridgehead atoms. The van der Waals surface area contributed by atoms with E-state index in [0.29, 0.717) is 18.9 Å². The van der Waals surface area contributed by atoms with Crippen molar-refractivity contribution in [2.75, 3.05) is 19.6 Å². The molecule has 36 heavy (non-hydrogen) atoms. The molecule has 1 aromatic carbocycles. The molecule has 2 aliphatic rings. The molecular formula is C28H41N5O3. The Morgan fingerprint density at radius 1 is 1.28 bits per heavy atom. The molecule has 1 saturated heterocycles. The number of hydrazine groups is 1. The lowest BCUT2D eigenvalue weighted by Crippen LogP contribution is -2.64. The molecule has 0 spiro atoms. The number of terminal acetylenes is 1. The summed E-state index contributed by atoms with van der Waals surface area (Å²) in [6.45, 7) is 9.56. The van der Waals surface area contributed by atoms with Gasteiger partial charge in [-0.25, -0.2) is 4.79 Å². The summed E-state index contributed by atoms with van der Waals surface area (Å²) in [7, 11) is 0. The number of carbonyl (C=O) groups is 3. The Morgan fingerprint density at radius 3 is 2.64 bits per heavy atom. The van der Waals surface area contributed by atoms with E-state index in [4.69, 9.17) is 6.42 Å². The van der Waals surface area contributed by atoms with Gasteiger partial charge in [0, 0.05) is 13.1 Å². The number of hydrogen-bond acceptors (Lipinski definition) is 4. The summed E-state index contributed by atoms with van der Waals surface area (Å²) >= 11 is 0. The molecular weight excluding hydrogens is 454 g/mol. The van der Waals surface area contributed by atoms with Crippen molar-refractivity contribution in [3.8, 4) is 12.3 Å². The number of carbonyl (C=O) groups excluding carboxylic acids is 3. The van der Waals surface area contributed by atoms with E-state index in [2.05, 4.69) is 44.4 Å². The first-order valence-electron chi connectivity index (χ1n) is 13.1. The van der Waals surface area contributed by atoms with Crippen LogP contribution >= 0.6 is 0 Å². The average Bonchev–Trinajstić information content (AvgIpc) is 3.52. The van der Waals surface area contributed by atoms with Gasteiger partial charge in [0.1, 0.15) is 6.04 Å². The molecule has 1 unspecified atom stereocenters. The van der Waals surface area contributed by atoms with E-state index in [1.165, 1.54) is 5.01 Å². The van der Waals surface area contributed by atoms with Crippen LogP contribution in [0.3, 0.4) is 0 Å². The number of urea groups is 1. The summed E-state index contributed by atoms with van der Waals surface area (Å²) in [6.07, 6.45) is 9.72. The van der Waals surface area contributed by atoms with Gasteiger partial charge in [-0.05, 0) is 37.7 Å². The summed E-state index contributed by atoms with van der Waals surface area (Å²) in [5.41, 5.74) is 3.30. The summed E-state index contributed by atoms with van der Waals surface area (Å²) < 4.78 is 0. The third-order valence-corrected chi connectivity index (χ3v) is 7.18. The van der Waals surface area contributed by atoms with Crippen LogP contribution in [0, 0.1) is 18.3 Å². The maximum absolute atomic E-state index is 13.7. The Hall–Kier alpha value is -3.05. The average molecular weight is 496 g/mol. The molecule has 1 aliphatic heterocycles. The number of hydrogen-bond donors (Lipinski definition) is 2. The third kappa shape index (κ3) is 6.58. The number of unbranched alkanes of at least 4 members (excludes halogenated alkanes) is 1. The maximum atomic E-state index is 13.7. The minimum atomic E-state index is -0.479. The van der Waals surface area contributed by atoms with Crippen molar-refractivity contribution in [1.29, 1.82) is 0 Å². The van der Waals surface area contributed by atoms with Crippen molar-refractivity contribution >= 4 is 17.8 Å². The van der Waals surface area contributed by atoms with Gasteiger partial charge < -0.3 is 15.1 Å². The van der Waals surface area contributed by atoms with Crippen LogP contribution in [0.2, 0.25) is 0 Å². The summed E-state index contributed by atoms with van der Waals surface area (Å²) in [6, 6.07) is 8.70. The Kier molecular flexibility index (Phi) is 9.38. The van der Waals surface area contributed by atoms with Crippen LogP contribution in [0.15, 0.2) is 30.3 Å². The van der Waals surface area contributed by atoms with Crippen molar-refractivity contribution in [3.05, 3.63) is 35.9 Å². The Bertz CT molecular complexity index is 960. The first-order valence-corrected chi connectivity index (χ1v) is 13.1. The highest BCUT2D eigenvalue weighted by molar-refractivity contribution is 5.92. The van der Waals surface area contributed by atoms with E-state index in [0.717, 1.165) is 37.8 Å². The second kappa shape index (κ2) is 12.3. The van der Waals surface area contributed by atoms with Gasteiger partial charge in [-0.1, -0.05) is 69.9 Å². The van der Waals surface area contributed by atoms with Gasteiger partial charge in [0.25, 0.3) is 0 Å². The fourth-order valence-corrected chi connectivity index (χ4v) is 5.07. The van der Waals surface area contributed by atoms with Gasteiger partial charge in [0.05, 0.1) is 24.7 Å². The van der Waals surface area contributed by atoms with Gasteiger partial charge >= 0.3 is 6.03 Å². The second-order valence-electron chi connectivity index (χ2n) is 10.6. The van der Waals surface area contributed by atoms with E-state index < -0.39 is 12.1 Å². The Balaban J connectivity index is 1.68. The lowest BCUT2D eigenvalue weighted by molar-refractivity contribution is -0.157. The zero-order chi connectivity index (χ0) is 26.3. The number of amides is 4. The molecule has 8 nitrogen and oxygen atoms in total. The molecule has 3 atom stereocenters. The minimum absolute atomic E-state index is 0.0498. The molecule has 2 fully saturated rings. The van der Waals surface area contributed by atoms with Crippen LogP contribution in [0.5, 0.6) is 0 Å². The Morgan fingerprint density at radius 2 is 2.00 bits per heavy atom. The van der Waals surface area contributed by atoms with Crippen LogP contribution < -0.4 is 10.7 Å². The quantitative estimate of drug-likeness (QED) is 0.345. The van der Waals surface area contributed by atoms with Crippen molar-refractivity contribution in [1.82, 2.24) is 25.6 Å². The molecule has 4 amide bonds. The zero-order valence-corrected chi connectivity index (χ0v) is 22.1. The van der Waals surface area contributed by atoms with Crippen molar-refractivity contribution < 1.29 is 14.4 Å². The van der Waals surface area contributed by atoms with E-state index in [-0.39, 0.29) is 36.5 Å². The van der Waals surface area contributed by atoms with Crippen molar-refractivity contribution in [3.63, 3.8) is 0 Å². The lowest BCUT2D eigenvalue weighted by atomic mass is 9.99. The number of rotatable bonds is 12. The topological polar surface area (TPSA) is 85.0 Å². The molecule has 3 rings (SSSR count). The lowest BCUT2D eigenvalue weighted by Gasteiger charge is -2.45. The summed E-state index contributed by atoms with van der Waals surface area (Å²) in [4.78, 5) is 43.5. The van der Waals surface area contributed by atoms with E-state index in [9.17, 15) is 14.4 Å². The smallest absolute Gasteiger partial charge is 0.329 e. The predicted octanol–water partition coefficient (Wildman–Crippen LogP) is 3.14. The van der Waals surface area contributed by atoms with Gasteiger partial charge in [-0.15, -0.1) is 6.42 Å². The number of nitrogens with zero attached hydrogens (tertiary/aromatic N) is 3. The highest BCUT2D eigenvalue weighted by Crippen LogP contribution is 2.51. The fourth-order valence-electron chi connectivity index (χ4n) is 5.07. The van der Waals surface area contributed by atoms with Crippen molar-refractivity contribution in [2.24, 2.45) is 5.92 Å². The number of nitrogens with one attached hydrogen (secondary N) is 2. The predicted molar refractivity (Wildman–Crippen MR) is 140 cm³/mol. The number of piperazine rings is 1. The molecule has 2 N–H and O–H groups in total. The molecule has 1 aliphatic carbocycles. The van der Waals surface area contributed by atoms with Gasteiger partial charge in [0.2, 0.25) is 11.8 Å². The fraction of sp³-hybridized carbons (Fsp3) is 0.607. The molecule has 1 aromatic rings. The standard InChI is InChI=1S/C28H41N5O3/c1-6-8-14-23-26(35)32(17-15-21(3)4)24-18-28(24,5)33(23)25(34)20-31(16-7-2)30-27(36)29-19-22-12-10-9-11-13-22/h2,9-13,21,23-24H,6,8,14-20H2,1,3-5H3,(H2,29,30,36)/t23-,24?,28-/m0/s1. The van der Waals surface area contributed by atoms with Gasteiger partial charge in [0.15, 0.2) is 0 Å². The van der Waals surface area contributed by atoms with Crippen molar-refractivity contribution in [2.45, 2.75) is 84.0 Å².